The Morgan fingerprint density at radius 3 is 2.33 bits per heavy atom. The standard InChI is InChI=1S/C12H29N3O2S/c1-12(2)15(4)10-7-9-14-18(16,17)11-6-5-8-13-3/h12-14H,5-11H2,1-4H3. The Hall–Kier alpha value is -0.170. The molecule has 18 heavy (non-hydrogen) atoms. The first-order valence-corrected chi connectivity index (χ1v) is 8.36. The average Bonchev–Trinajstić information content (AvgIpc) is 2.30. The van der Waals surface area contributed by atoms with Gasteiger partial charge in [0.2, 0.25) is 10.0 Å². The maximum atomic E-state index is 11.6. The van der Waals surface area contributed by atoms with Gasteiger partial charge in [-0.05, 0) is 60.3 Å². The highest BCUT2D eigenvalue weighted by atomic mass is 32.2. The molecule has 0 aliphatic rings. The van der Waals surface area contributed by atoms with Gasteiger partial charge >= 0.3 is 0 Å². The summed E-state index contributed by atoms with van der Waals surface area (Å²) in [5.74, 6) is 0.231. The molecular formula is C12H29N3O2S. The van der Waals surface area contributed by atoms with Crippen LogP contribution in [0.3, 0.4) is 0 Å². The fourth-order valence-corrected chi connectivity index (χ4v) is 2.66. The molecule has 5 nitrogen and oxygen atoms in total. The average molecular weight is 279 g/mol. The van der Waals surface area contributed by atoms with Crippen molar-refractivity contribution in [3.8, 4) is 0 Å². The van der Waals surface area contributed by atoms with Crippen molar-refractivity contribution in [2.45, 2.75) is 39.2 Å². The van der Waals surface area contributed by atoms with Gasteiger partial charge in [-0.2, -0.15) is 0 Å². The summed E-state index contributed by atoms with van der Waals surface area (Å²) in [7, 11) is 0.849. The number of rotatable bonds is 11. The van der Waals surface area contributed by atoms with Crippen LogP contribution in [0.1, 0.15) is 33.1 Å². The predicted molar refractivity (Wildman–Crippen MR) is 77.3 cm³/mol. The van der Waals surface area contributed by atoms with Crippen molar-refractivity contribution in [3.05, 3.63) is 0 Å². The molecule has 0 saturated heterocycles. The number of sulfonamides is 1. The van der Waals surface area contributed by atoms with Crippen LogP contribution in [0.2, 0.25) is 0 Å². The maximum absolute atomic E-state index is 11.6. The molecule has 0 radical (unpaired) electrons. The highest BCUT2D eigenvalue weighted by Gasteiger charge is 2.09. The third kappa shape index (κ3) is 9.82. The molecule has 0 bridgehead atoms. The van der Waals surface area contributed by atoms with E-state index in [9.17, 15) is 8.42 Å². The van der Waals surface area contributed by atoms with E-state index in [0.717, 1.165) is 25.9 Å². The molecule has 0 atom stereocenters. The van der Waals surface area contributed by atoms with Gasteiger partial charge in [0, 0.05) is 12.6 Å². The van der Waals surface area contributed by atoms with Crippen molar-refractivity contribution in [3.63, 3.8) is 0 Å². The number of hydrogen-bond acceptors (Lipinski definition) is 4. The van der Waals surface area contributed by atoms with E-state index in [1.807, 2.05) is 7.05 Å². The summed E-state index contributed by atoms with van der Waals surface area (Å²) >= 11 is 0. The van der Waals surface area contributed by atoms with Gasteiger partial charge < -0.3 is 10.2 Å². The van der Waals surface area contributed by atoms with Crippen LogP contribution in [0, 0.1) is 0 Å². The molecule has 0 rings (SSSR count). The third-order valence-corrected chi connectivity index (χ3v) is 4.45. The lowest BCUT2D eigenvalue weighted by Crippen LogP contribution is -2.32. The van der Waals surface area contributed by atoms with Crippen LogP contribution in [0.15, 0.2) is 0 Å². The minimum Gasteiger partial charge on any atom is -0.320 e. The molecule has 0 spiro atoms. The van der Waals surface area contributed by atoms with Crippen molar-refractivity contribution in [2.24, 2.45) is 0 Å². The van der Waals surface area contributed by atoms with Gasteiger partial charge in [-0.25, -0.2) is 13.1 Å². The summed E-state index contributed by atoms with van der Waals surface area (Å²) in [6, 6.07) is 0.503. The number of nitrogens with zero attached hydrogens (tertiary/aromatic N) is 1. The van der Waals surface area contributed by atoms with Gasteiger partial charge in [0.1, 0.15) is 0 Å². The fraction of sp³-hybridized carbons (Fsp3) is 1.00. The van der Waals surface area contributed by atoms with Crippen molar-refractivity contribution in [2.75, 3.05) is 39.5 Å². The number of unbranched alkanes of at least 4 members (excludes halogenated alkanes) is 1. The summed E-state index contributed by atoms with van der Waals surface area (Å²) in [5, 5.41) is 3.01. The second kappa shape index (κ2) is 9.72. The third-order valence-electron chi connectivity index (χ3n) is 2.98. The predicted octanol–water partition coefficient (Wildman–Crippen LogP) is 0.636. The van der Waals surface area contributed by atoms with E-state index in [-0.39, 0.29) is 5.75 Å². The lowest BCUT2D eigenvalue weighted by Gasteiger charge is -2.20. The van der Waals surface area contributed by atoms with Crippen LogP contribution < -0.4 is 10.0 Å². The van der Waals surface area contributed by atoms with E-state index >= 15 is 0 Å². The minimum atomic E-state index is -3.08. The Morgan fingerprint density at radius 1 is 1.11 bits per heavy atom. The van der Waals surface area contributed by atoms with E-state index in [0.29, 0.717) is 19.0 Å². The van der Waals surface area contributed by atoms with Crippen LogP contribution in [0.25, 0.3) is 0 Å². The summed E-state index contributed by atoms with van der Waals surface area (Å²) in [6.45, 7) is 6.58. The highest BCUT2D eigenvalue weighted by molar-refractivity contribution is 7.89. The molecule has 0 aromatic heterocycles. The first-order valence-electron chi connectivity index (χ1n) is 6.71. The summed E-state index contributed by atoms with van der Waals surface area (Å²) in [6.07, 6.45) is 2.46. The van der Waals surface area contributed by atoms with Crippen molar-refractivity contribution < 1.29 is 8.42 Å². The number of nitrogens with one attached hydrogen (secondary N) is 2. The molecule has 0 aromatic carbocycles. The Balaban J connectivity index is 3.64. The zero-order valence-electron chi connectivity index (χ0n) is 12.2. The molecule has 2 N–H and O–H groups in total. The molecule has 6 heteroatoms. The van der Waals surface area contributed by atoms with Gasteiger partial charge in [-0.15, -0.1) is 0 Å². The normalized spacial score (nSPS) is 12.6. The Morgan fingerprint density at radius 2 is 1.78 bits per heavy atom. The highest BCUT2D eigenvalue weighted by Crippen LogP contribution is 1.96. The van der Waals surface area contributed by atoms with Gasteiger partial charge in [-0.3, -0.25) is 0 Å². The van der Waals surface area contributed by atoms with E-state index in [2.05, 4.69) is 35.8 Å². The van der Waals surface area contributed by atoms with Crippen LogP contribution in [-0.4, -0.2) is 58.8 Å². The van der Waals surface area contributed by atoms with Crippen LogP contribution in [0.5, 0.6) is 0 Å². The van der Waals surface area contributed by atoms with Gasteiger partial charge in [0.25, 0.3) is 0 Å². The van der Waals surface area contributed by atoms with E-state index in [1.54, 1.807) is 0 Å². The maximum Gasteiger partial charge on any atom is 0.211 e. The van der Waals surface area contributed by atoms with E-state index in [1.165, 1.54) is 0 Å². The molecule has 110 valence electrons. The largest absolute Gasteiger partial charge is 0.320 e. The molecule has 0 unspecified atom stereocenters. The van der Waals surface area contributed by atoms with Gasteiger partial charge in [-0.1, -0.05) is 0 Å². The molecule has 0 aliphatic heterocycles. The first-order chi connectivity index (χ1) is 8.39. The van der Waals surface area contributed by atoms with E-state index < -0.39 is 10.0 Å². The topological polar surface area (TPSA) is 61.4 Å². The van der Waals surface area contributed by atoms with Crippen molar-refractivity contribution >= 4 is 10.0 Å². The van der Waals surface area contributed by atoms with Crippen LogP contribution in [0.4, 0.5) is 0 Å². The molecular weight excluding hydrogens is 250 g/mol. The fourth-order valence-electron chi connectivity index (χ4n) is 1.48. The van der Waals surface area contributed by atoms with Crippen molar-refractivity contribution in [1.82, 2.24) is 14.9 Å². The second-order valence-electron chi connectivity index (χ2n) is 4.95. The molecule has 0 saturated carbocycles. The second-order valence-corrected chi connectivity index (χ2v) is 6.88. The monoisotopic (exact) mass is 279 g/mol. The summed E-state index contributed by atoms with van der Waals surface area (Å²) in [4.78, 5) is 2.21. The quantitative estimate of drug-likeness (QED) is 0.545. The Kier molecular flexibility index (Phi) is 9.63. The van der Waals surface area contributed by atoms with Crippen LogP contribution >= 0.6 is 0 Å². The van der Waals surface area contributed by atoms with Gasteiger partial charge in [0.15, 0.2) is 0 Å². The lowest BCUT2D eigenvalue weighted by molar-refractivity contribution is 0.271. The zero-order valence-corrected chi connectivity index (χ0v) is 13.0. The van der Waals surface area contributed by atoms with Gasteiger partial charge in [0.05, 0.1) is 5.75 Å². The SMILES string of the molecule is CNCCCCS(=O)(=O)NCCCN(C)C(C)C. The molecule has 0 heterocycles. The molecule has 0 aromatic rings. The Bertz CT molecular complexity index is 292. The lowest BCUT2D eigenvalue weighted by atomic mass is 10.3. The first kappa shape index (κ1) is 17.8. The molecule has 0 amide bonds. The van der Waals surface area contributed by atoms with Crippen molar-refractivity contribution in [1.29, 1.82) is 0 Å². The number of hydrogen-bond donors (Lipinski definition) is 2. The summed E-state index contributed by atoms with van der Waals surface area (Å²) in [5.41, 5.74) is 0. The zero-order chi connectivity index (χ0) is 14.0. The van der Waals surface area contributed by atoms with Crippen LogP contribution in [-0.2, 0) is 10.0 Å². The summed E-state index contributed by atoms with van der Waals surface area (Å²) < 4.78 is 25.9. The molecule has 0 aliphatic carbocycles. The van der Waals surface area contributed by atoms with E-state index in [4.69, 9.17) is 0 Å². The minimum absolute atomic E-state index is 0.231. The molecule has 0 fully saturated rings. The smallest absolute Gasteiger partial charge is 0.211 e. The Labute approximate surface area is 112 Å².